The van der Waals surface area contributed by atoms with E-state index in [0.717, 1.165) is 12.1 Å². The van der Waals surface area contributed by atoms with Gasteiger partial charge in [0.2, 0.25) is 11.8 Å². The third kappa shape index (κ3) is 5.38. The van der Waals surface area contributed by atoms with E-state index in [9.17, 15) is 18.4 Å². The lowest BCUT2D eigenvalue weighted by Gasteiger charge is -2.09. The number of amides is 2. The Hall–Kier alpha value is -3.74. The number of nitrogens with one attached hydrogen (secondary N) is 2. The van der Waals surface area contributed by atoms with E-state index in [1.54, 1.807) is 24.3 Å². The van der Waals surface area contributed by atoms with Crippen LogP contribution in [0.15, 0.2) is 72.8 Å². The summed E-state index contributed by atoms with van der Waals surface area (Å²) >= 11 is 0. The highest BCUT2D eigenvalue weighted by molar-refractivity contribution is 6.08. The molecule has 0 heterocycles. The molecule has 0 aliphatic heterocycles. The van der Waals surface area contributed by atoms with Gasteiger partial charge in [0.25, 0.3) is 0 Å². The average Bonchev–Trinajstić information content (AvgIpc) is 2.67. The maximum absolute atomic E-state index is 13.1. The van der Waals surface area contributed by atoms with Gasteiger partial charge in [-0.05, 0) is 48.5 Å². The van der Waals surface area contributed by atoms with Gasteiger partial charge in [-0.3, -0.25) is 9.59 Å². The molecule has 3 rings (SSSR count). The summed E-state index contributed by atoms with van der Waals surface area (Å²) in [6.45, 7) is 0. The quantitative estimate of drug-likeness (QED) is 0.606. The van der Waals surface area contributed by atoms with Crippen molar-refractivity contribution in [2.75, 3.05) is 10.6 Å². The lowest BCUT2D eigenvalue weighted by molar-refractivity contribution is -0.123. The normalized spacial score (nSPS) is 10.2. The second-order valence-corrected chi connectivity index (χ2v) is 5.84. The van der Waals surface area contributed by atoms with E-state index in [4.69, 9.17) is 4.74 Å². The highest BCUT2D eigenvalue weighted by Gasteiger charge is 2.11. The van der Waals surface area contributed by atoms with Crippen molar-refractivity contribution in [3.63, 3.8) is 0 Å². The van der Waals surface area contributed by atoms with Crippen LogP contribution in [0, 0.1) is 11.6 Å². The summed E-state index contributed by atoms with van der Waals surface area (Å²) in [5, 5.41) is 4.92. The smallest absolute Gasteiger partial charge is 0.233 e. The molecule has 0 aliphatic rings. The second kappa shape index (κ2) is 8.77. The second-order valence-electron chi connectivity index (χ2n) is 5.84. The largest absolute Gasteiger partial charge is 0.457 e. The molecule has 3 aromatic carbocycles. The third-order valence-corrected chi connectivity index (χ3v) is 3.64. The highest BCUT2D eigenvalue weighted by atomic mass is 19.2. The number of hydrogen-bond acceptors (Lipinski definition) is 3. The molecule has 0 unspecified atom stereocenters. The molecule has 2 amide bonds. The zero-order valence-corrected chi connectivity index (χ0v) is 14.6. The number of hydrogen-bond donors (Lipinski definition) is 2. The van der Waals surface area contributed by atoms with Crippen LogP contribution in [0.2, 0.25) is 0 Å². The van der Waals surface area contributed by atoms with Crippen LogP contribution in [-0.2, 0) is 9.59 Å². The fourth-order valence-corrected chi connectivity index (χ4v) is 2.36. The molecule has 0 aromatic heterocycles. The van der Waals surface area contributed by atoms with Crippen LogP contribution in [0.1, 0.15) is 6.42 Å². The standard InChI is InChI=1S/C21H16F2N2O3/c22-18-11-8-15(12-19(18)23)25-21(27)13-20(26)24-14-6-9-17(10-7-14)28-16-4-2-1-3-5-16/h1-12H,13H2,(H,24,26)(H,25,27). The maximum atomic E-state index is 13.1. The fraction of sp³-hybridized carbons (Fsp3) is 0.0476. The minimum Gasteiger partial charge on any atom is -0.457 e. The van der Waals surface area contributed by atoms with E-state index in [-0.39, 0.29) is 5.69 Å². The molecular weight excluding hydrogens is 366 g/mol. The van der Waals surface area contributed by atoms with Crippen LogP contribution in [0.5, 0.6) is 11.5 Å². The van der Waals surface area contributed by atoms with E-state index in [1.807, 2.05) is 30.3 Å². The number of ether oxygens (including phenoxy) is 1. The van der Waals surface area contributed by atoms with Crippen LogP contribution < -0.4 is 15.4 Å². The van der Waals surface area contributed by atoms with Gasteiger partial charge in [0.05, 0.1) is 0 Å². The first-order valence-corrected chi connectivity index (χ1v) is 8.37. The maximum Gasteiger partial charge on any atom is 0.233 e. The molecule has 0 fully saturated rings. The molecule has 0 aliphatic carbocycles. The van der Waals surface area contributed by atoms with Crippen molar-refractivity contribution in [3.05, 3.63) is 84.4 Å². The number of rotatable bonds is 6. The van der Waals surface area contributed by atoms with E-state index >= 15 is 0 Å². The Morgan fingerprint density at radius 3 is 1.93 bits per heavy atom. The monoisotopic (exact) mass is 382 g/mol. The van der Waals surface area contributed by atoms with Crippen LogP contribution in [0.25, 0.3) is 0 Å². The first kappa shape index (κ1) is 19.0. The Morgan fingerprint density at radius 1 is 0.714 bits per heavy atom. The molecule has 5 nitrogen and oxygen atoms in total. The summed E-state index contributed by atoms with van der Waals surface area (Å²) < 4.78 is 31.7. The van der Waals surface area contributed by atoms with E-state index in [1.165, 1.54) is 6.07 Å². The Balaban J connectivity index is 1.51. The summed E-state index contributed by atoms with van der Waals surface area (Å²) in [5.74, 6) is -2.01. The molecule has 7 heteroatoms. The highest BCUT2D eigenvalue weighted by Crippen LogP contribution is 2.22. The lowest BCUT2D eigenvalue weighted by atomic mass is 10.2. The molecule has 0 saturated carbocycles. The van der Waals surface area contributed by atoms with Crippen LogP contribution in [0.4, 0.5) is 20.2 Å². The molecule has 0 atom stereocenters. The summed E-state index contributed by atoms with van der Waals surface area (Å²) in [4.78, 5) is 23.8. The summed E-state index contributed by atoms with van der Waals surface area (Å²) in [6.07, 6.45) is -0.471. The zero-order valence-electron chi connectivity index (χ0n) is 14.6. The van der Waals surface area contributed by atoms with Gasteiger partial charge in [-0.25, -0.2) is 8.78 Å². The lowest BCUT2D eigenvalue weighted by Crippen LogP contribution is -2.21. The number of halogens is 2. The number of carbonyl (C=O) groups excluding carboxylic acids is 2. The summed E-state index contributed by atoms with van der Waals surface area (Å²) in [7, 11) is 0. The molecule has 0 spiro atoms. The Labute approximate surface area is 160 Å². The SMILES string of the molecule is O=C(CC(=O)Nc1ccc(F)c(F)c1)Nc1ccc(Oc2ccccc2)cc1. The van der Waals surface area contributed by atoms with Crippen LogP contribution in [0.3, 0.4) is 0 Å². The topological polar surface area (TPSA) is 67.4 Å². The van der Waals surface area contributed by atoms with Gasteiger partial charge in [0.1, 0.15) is 17.9 Å². The predicted octanol–water partition coefficient (Wildman–Crippen LogP) is 4.72. The van der Waals surface area contributed by atoms with Gasteiger partial charge in [-0.1, -0.05) is 18.2 Å². The molecule has 28 heavy (non-hydrogen) atoms. The molecule has 142 valence electrons. The van der Waals surface area contributed by atoms with Crippen LogP contribution >= 0.6 is 0 Å². The minimum absolute atomic E-state index is 0.0686. The van der Waals surface area contributed by atoms with Gasteiger partial charge in [-0.15, -0.1) is 0 Å². The Morgan fingerprint density at radius 2 is 1.29 bits per heavy atom. The summed E-state index contributed by atoms with van der Waals surface area (Å²) in [5.41, 5.74) is 0.560. The van der Waals surface area contributed by atoms with Gasteiger partial charge in [0.15, 0.2) is 11.6 Å². The molecule has 3 aromatic rings. The van der Waals surface area contributed by atoms with Gasteiger partial charge >= 0.3 is 0 Å². The van der Waals surface area contributed by atoms with Gasteiger partial charge < -0.3 is 15.4 Å². The van der Waals surface area contributed by atoms with Crippen molar-refractivity contribution in [3.8, 4) is 11.5 Å². The molecule has 0 bridgehead atoms. The Kier molecular flexibility index (Phi) is 5.96. The van der Waals surface area contributed by atoms with Gasteiger partial charge in [0, 0.05) is 17.4 Å². The summed E-state index contributed by atoms with van der Waals surface area (Å²) in [6, 6.07) is 18.8. The van der Waals surface area contributed by atoms with Crippen molar-refractivity contribution in [1.82, 2.24) is 0 Å². The third-order valence-electron chi connectivity index (χ3n) is 3.64. The number of anilines is 2. The van der Waals surface area contributed by atoms with Crippen molar-refractivity contribution >= 4 is 23.2 Å². The average molecular weight is 382 g/mol. The number of para-hydroxylation sites is 1. The van der Waals surface area contributed by atoms with Crippen molar-refractivity contribution in [2.24, 2.45) is 0 Å². The number of benzene rings is 3. The van der Waals surface area contributed by atoms with Crippen molar-refractivity contribution in [2.45, 2.75) is 6.42 Å². The van der Waals surface area contributed by atoms with Crippen molar-refractivity contribution in [1.29, 1.82) is 0 Å². The van der Waals surface area contributed by atoms with Crippen LogP contribution in [-0.4, -0.2) is 11.8 Å². The minimum atomic E-state index is -1.08. The van der Waals surface area contributed by atoms with E-state index in [0.29, 0.717) is 17.2 Å². The molecule has 2 N–H and O–H groups in total. The zero-order chi connectivity index (χ0) is 19.9. The fourth-order valence-electron chi connectivity index (χ4n) is 2.36. The molecular formula is C21H16F2N2O3. The Bertz CT molecular complexity index is 977. The van der Waals surface area contributed by atoms with Crippen molar-refractivity contribution < 1.29 is 23.1 Å². The molecule has 0 saturated heterocycles. The first-order valence-electron chi connectivity index (χ1n) is 8.37. The van der Waals surface area contributed by atoms with E-state index in [2.05, 4.69) is 10.6 Å². The van der Waals surface area contributed by atoms with E-state index < -0.39 is 29.9 Å². The van der Waals surface area contributed by atoms with Gasteiger partial charge in [-0.2, -0.15) is 0 Å². The predicted molar refractivity (Wildman–Crippen MR) is 101 cm³/mol. The number of carbonyl (C=O) groups is 2. The first-order chi connectivity index (χ1) is 13.5. The molecule has 0 radical (unpaired) electrons.